The molecule has 178 valence electrons. The number of carbonyl (C=O) groups is 3. The molecule has 8 heteroatoms. The van der Waals surface area contributed by atoms with Crippen molar-refractivity contribution in [2.24, 2.45) is 0 Å². The molecule has 2 N–H and O–H groups in total. The molecule has 0 saturated carbocycles. The van der Waals surface area contributed by atoms with Gasteiger partial charge in [0.15, 0.2) is 6.10 Å². The van der Waals surface area contributed by atoms with Crippen molar-refractivity contribution in [3.05, 3.63) is 59.7 Å². The number of ether oxygens (including phenoxy) is 2. The van der Waals surface area contributed by atoms with Crippen LogP contribution in [0, 0.1) is 0 Å². The van der Waals surface area contributed by atoms with Gasteiger partial charge in [-0.2, -0.15) is 0 Å². The molecular formula is C26H28N2O6. The van der Waals surface area contributed by atoms with E-state index in [1.165, 1.54) is 4.90 Å². The van der Waals surface area contributed by atoms with Gasteiger partial charge >= 0.3 is 12.1 Å². The number of benzene rings is 2. The number of hydrogen-bond donors (Lipinski definition) is 2. The van der Waals surface area contributed by atoms with Gasteiger partial charge in [-0.05, 0) is 47.9 Å². The monoisotopic (exact) mass is 464 g/mol. The normalized spacial score (nSPS) is 23.8. The highest BCUT2D eigenvalue weighted by Gasteiger charge is 2.42. The smallest absolute Gasteiger partial charge is 0.407 e. The average molecular weight is 465 g/mol. The summed E-state index contributed by atoms with van der Waals surface area (Å²) >= 11 is 0. The van der Waals surface area contributed by atoms with Gasteiger partial charge in [0.05, 0.1) is 6.04 Å². The Bertz CT molecular complexity index is 1060. The zero-order chi connectivity index (χ0) is 23.7. The first-order valence-electron chi connectivity index (χ1n) is 11.8. The van der Waals surface area contributed by atoms with E-state index in [1.807, 2.05) is 24.3 Å². The third kappa shape index (κ3) is 4.14. The Hall–Kier alpha value is -3.39. The molecule has 5 rings (SSSR count). The van der Waals surface area contributed by atoms with Crippen LogP contribution < -0.4 is 5.32 Å². The maximum absolute atomic E-state index is 13.1. The van der Waals surface area contributed by atoms with Crippen molar-refractivity contribution in [3.8, 4) is 11.1 Å². The largest absolute Gasteiger partial charge is 0.480 e. The third-order valence-electron chi connectivity index (χ3n) is 7.05. The van der Waals surface area contributed by atoms with Crippen molar-refractivity contribution >= 4 is 18.0 Å². The number of fused-ring (bicyclic) bond motifs is 3. The fraction of sp³-hybridized carbons (Fsp3) is 0.423. The second-order valence-corrected chi connectivity index (χ2v) is 9.04. The lowest BCUT2D eigenvalue weighted by molar-refractivity contribution is -0.157. The van der Waals surface area contributed by atoms with Crippen molar-refractivity contribution in [1.82, 2.24) is 10.2 Å². The van der Waals surface area contributed by atoms with Crippen molar-refractivity contribution in [3.63, 3.8) is 0 Å². The molecule has 3 atom stereocenters. The summed E-state index contributed by atoms with van der Waals surface area (Å²) in [6.07, 6.45) is 0.911. The molecule has 2 aromatic rings. The first-order valence-corrected chi connectivity index (χ1v) is 11.8. The number of carbonyl (C=O) groups excluding carboxylic acids is 2. The van der Waals surface area contributed by atoms with Crippen LogP contribution in [0.4, 0.5) is 4.79 Å². The Morgan fingerprint density at radius 3 is 2.35 bits per heavy atom. The summed E-state index contributed by atoms with van der Waals surface area (Å²) in [4.78, 5) is 38.8. The van der Waals surface area contributed by atoms with E-state index in [-0.39, 0.29) is 18.4 Å². The molecule has 34 heavy (non-hydrogen) atoms. The molecule has 1 aliphatic carbocycles. The Balaban J connectivity index is 1.23. The highest BCUT2D eigenvalue weighted by molar-refractivity contribution is 5.88. The third-order valence-corrected chi connectivity index (χ3v) is 7.05. The number of carboxylic acid groups (broad SMARTS) is 1. The molecule has 0 spiro atoms. The van der Waals surface area contributed by atoms with Crippen LogP contribution in [-0.4, -0.2) is 65.9 Å². The number of aliphatic carboxylic acids is 1. The lowest BCUT2D eigenvalue weighted by atomic mass is 9.98. The average Bonchev–Trinajstić information content (AvgIpc) is 3.44. The Morgan fingerprint density at radius 1 is 1.00 bits per heavy atom. The van der Waals surface area contributed by atoms with Crippen LogP contribution in [0.15, 0.2) is 48.5 Å². The van der Waals surface area contributed by atoms with Gasteiger partial charge in [-0.3, -0.25) is 4.79 Å². The van der Waals surface area contributed by atoms with Gasteiger partial charge < -0.3 is 24.8 Å². The summed E-state index contributed by atoms with van der Waals surface area (Å²) in [5, 5.41) is 12.3. The molecule has 0 bridgehead atoms. The Morgan fingerprint density at radius 2 is 1.68 bits per heavy atom. The first-order chi connectivity index (χ1) is 16.5. The lowest BCUT2D eigenvalue weighted by Crippen LogP contribution is -2.55. The zero-order valence-electron chi connectivity index (χ0n) is 18.8. The number of likely N-dealkylation sites (tertiary alicyclic amines) is 1. The number of nitrogens with one attached hydrogen (secondary N) is 1. The number of rotatable bonds is 5. The van der Waals surface area contributed by atoms with Gasteiger partial charge in [0.25, 0.3) is 5.91 Å². The van der Waals surface area contributed by atoms with E-state index in [4.69, 9.17) is 9.47 Å². The van der Waals surface area contributed by atoms with E-state index in [0.29, 0.717) is 26.0 Å². The van der Waals surface area contributed by atoms with Gasteiger partial charge in [-0.15, -0.1) is 0 Å². The van der Waals surface area contributed by atoms with Crippen LogP contribution >= 0.6 is 0 Å². The standard InChI is InChI=1S/C26H28N2O6/c29-24(28-13-6-5-11-22(28)25(30)31)23-21(12-14-33-23)27-26(32)34-15-20-18-9-3-1-7-16(18)17-8-2-4-10-19(17)20/h1-4,7-10,20-23H,5-6,11-15H2,(H,27,32)(H,30,31)/t21?,22-,23?/m1/s1. The Labute approximate surface area is 197 Å². The van der Waals surface area contributed by atoms with E-state index >= 15 is 0 Å². The lowest BCUT2D eigenvalue weighted by Gasteiger charge is -2.35. The number of piperidine rings is 1. The molecule has 0 radical (unpaired) electrons. The molecule has 2 saturated heterocycles. The van der Waals surface area contributed by atoms with Crippen molar-refractivity contribution in [2.45, 2.75) is 49.8 Å². The maximum Gasteiger partial charge on any atom is 0.407 e. The summed E-state index contributed by atoms with van der Waals surface area (Å²) in [5.41, 5.74) is 4.55. The SMILES string of the molecule is O=C(NC1CCOC1C(=O)N1CCCC[C@@H]1C(=O)O)OCC1c2ccccc2-c2ccccc21. The van der Waals surface area contributed by atoms with Crippen LogP contribution in [0.5, 0.6) is 0 Å². The molecule has 2 fully saturated rings. The molecule has 2 heterocycles. The zero-order valence-corrected chi connectivity index (χ0v) is 18.8. The number of hydrogen-bond acceptors (Lipinski definition) is 5. The summed E-state index contributed by atoms with van der Waals surface area (Å²) in [6, 6.07) is 14.8. The van der Waals surface area contributed by atoms with E-state index < -0.39 is 30.3 Å². The van der Waals surface area contributed by atoms with Crippen molar-refractivity contribution < 1.29 is 29.0 Å². The van der Waals surface area contributed by atoms with Gasteiger partial charge in [0.2, 0.25) is 0 Å². The van der Waals surface area contributed by atoms with Gasteiger partial charge in [-0.1, -0.05) is 48.5 Å². The molecular weight excluding hydrogens is 436 g/mol. The number of carboxylic acids is 1. The van der Waals surface area contributed by atoms with Crippen LogP contribution in [0.25, 0.3) is 11.1 Å². The van der Waals surface area contributed by atoms with E-state index in [2.05, 4.69) is 29.6 Å². The second-order valence-electron chi connectivity index (χ2n) is 9.04. The van der Waals surface area contributed by atoms with Gasteiger partial charge in [0, 0.05) is 19.1 Å². The quantitative estimate of drug-likeness (QED) is 0.704. The number of amides is 2. The molecule has 2 aromatic carbocycles. The van der Waals surface area contributed by atoms with Crippen molar-refractivity contribution in [2.75, 3.05) is 19.8 Å². The van der Waals surface area contributed by atoms with Crippen LogP contribution in [0.3, 0.4) is 0 Å². The predicted octanol–water partition coefficient (Wildman–Crippen LogP) is 3.15. The van der Waals surface area contributed by atoms with E-state index in [1.54, 1.807) is 0 Å². The first kappa shape index (κ1) is 22.4. The minimum absolute atomic E-state index is 0.0555. The summed E-state index contributed by atoms with van der Waals surface area (Å²) < 4.78 is 11.2. The van der Waals surface area contributed by atoms with Crippen LogP contribution in [0.1, 0.15) is 42.7 Å². The van der Waals surface area contributed by atoms with Crippen LogP contribution in [-0.2, 0) is 19.1 Å². The molecule has 2 aliphatic heterocycles. The molecule has 3 aliphatic rings. The van der Waals surface area contributed by atoms with Gasteiger partial charge in [-0.25, -0.2) is 9.59 Å². The Kier molecular flexibility index (Phi) is 6.24. The predicted molar refractivity (Wildman–Crippen MR) is 123 cm³/mol. The van der Waals surface area contributed by atoms with Crippen LogP contribution in [0.2, 0.25) is 0 Å². The highest BCUT2D eigenvalue weighted by Crippen LogP contribution is 2.44. The van der Waals surface area contributed by atoms with Gasteiger partial charge in [0.1, 0.15) is 12.6 Å². The van der Waals surface area contributed by atoms with E-state index in [9.17, 15) is 19.5 Å². The highest BCUT2D eigenvalue weighted by atomic mass is 16.6. The maximum atomic E-state index is 13.1. The van der Waals surface area contributed by atoms with Crippen molar-refractivity contribution in [1.29, 1.82) is 0 Å². The topological polar surface area (TPSA) is 105 Å². The minimum Gasteiger partial charge on any atom is -0.480 e. The molecule has 2 unspecified atom stereocenters. The molecule has 2 amide bonds. The number of nitrogens with zero attached hydrogens (tertiary/aromatic N) is 1. The number of alkyl carbamates (subject to hydrolysis) is 1. The summed E-state index contributed by atoms with van der Waals surface area (Å²) in [7, 11) is 0. The summed E-state index contributed by atoms with van der Waals surface area (Å²) in [6.45, 7) is 0.878. The minimum atomic E-state index is -1.01. The summed E-state index contributed by atoms with van der Waals surface area (Å²) in [5.74, 6) is -1.44. The fourth-order valence-corrected chi connectivity index (χ4v) is 5.39. The van der Waals surface area contributed by atoms with E-state index in [0.717, 1.165) is 35.1 Å². The fourth-order valence-electron chi connectivity index (χ4n) is 5.39. The second kappa shape index (κ2) is 9.46. The molecule has 0 aromatic heterocycles. The molecule has 8 nitrogen and oxygen atoms in total.